The number of rotatable bonds is 9. The number of aliphatic hydroxyl groups is 3. The van der Waals surface area contributed by atoms with Crippen LogP contribution in [0.4, 0.5) is 0 Å². The van der Waals surface area contributed by atoms with Crippen molar-refractivity contribution in [2.45, 2.75) is 65.9 Å². The average Bonchev–Trinajstić information content (AvgIpc) is 2.77. The molecular formula is C21H32O5. The minimum atomic E-state index is -1.76. The first-order valence-electron chi connectivity index (χ1n) is 9.24. The highest BCUT2D eigenvalue weighted by Crippen LogP contribution is 2.43. The molecule has 0 fully saturated rings. The molecule has 26 heavy (non-hydrogen) atoms. The van der Waals surface area contributed by atoms with Crippen molar-refractivity contribution in [1.82, 2.24) is 0 Å². The Bertz CT molecular complexity index is 637. The molecule has 1 unspecified atom stereocenters. The maximum atomic E-state index is 12.9. The Hall–Kier alpha value is -1.72. The lowest BCUT2D eigenvalue weighted by Gasteiger charge is -2.28. The van der Waals surface area contributed by atoms with E-state index in [4.69, 9.17) is 5.11 Å². The summed E-state index contributed by atoms with van der Waals surface area (Å²) in [5.41, 5.74) is -0.249. The highest BCUT2D eigenvalue weighted by atomic mass is 16.3. The van der Waals surface area contributed by atoms with E-state index in [1.54, 1.807) is 19.9 Å². The second-order valence-electron chi connectivity index (χ2n) is 7.50. The van der Waals surface area contributed by atoms with E-state index in [2.05, 4.69) is 0 Å². The summed E-state index contributed by atoms with van der Waals surface area (Å²) in [5, 5.41) is 30.9. The topological polar surface area (TPSA) is 94.8 Å². The van der Waals surface area contributed by atoms with Gasteiger partial charge in [-0.2, -0.15) is 0 Å². The van der Waals surface area contributed by atoms with E-state index in [1.807, 2.05) is 26.8 Å². The van der Waals surface area contributed by atoms with Crippen LogP contribution in [0, 0.1) is 11.8 Å². The molecule has 0 spiro atoms. The molecule has 0 radical (unpaired) electrons. The summed E-state index contributed by atoms with van der Waals surface area (Å²) < 4.78 is 0. The predicted molar refractivity (Wildman–Crippen MR) is 102 cm³/mol. The van der Waals surface area contributed by atoms with Gasteiger partial charge in [-0.05, 0) is 46.5 Å². The summed E-state index contributed by atoms with van der Waals surface area (Å²) >= 11 is 0. The first kappa shape index (κ1) is 22.3. The van der Waals surface area contributed by atoms with E-state index in [0.717, 1.165) is 11.1 Å². The molecule has 3 N–H and O–H groups in total. The fraction of sp³-hybridized carbons (Fsp3) is 0.619. The highest BCUT2D eigenvalue weighted by Gasteiger charge is 2.54. The molecule has 1 rings (SSSR count). The maximum Gasteiger partial charge on any atom is 0.176 e. The molecule has 0 aromatic heterocycles. The Labute approximate surface area is 156 Å². The molecule has 0 amide bonds. The fourth-order valence-electron chi connectivity index (χ4n) is 3.11. The summed E-state index contributed by atoms with van der Waals surface area (Å²) in [4.78, 5) is 25.5. The molecule has 0 aliphatic heterocycles. The molecule has 146 valence electrons. The van der Waals surface area contributed by atoms with E-state index in [9.17, 15) is 19.8 Å². The van der Waals surface area contributed by atoms with Gasteiger partial charge in [0.2, 0.25) is 0 Å². The first-order valence-corrected chi connectivity index (χ1v) is 9.24. The molecule has 0 heterocycles. The van der Waals surface area contributed by atoms with Gasteiger partial charge in [-0.3, -0.25) is 9.59 Å². The number of allylic oxidation sites excluding steroid dienone is 4. The third-order valence-corrected chi connectivity index (χ3v) is 5.12. The van der Waals surface area contributed by atoms with Crippen molar-refractivity contribution in [2.24, 2.45) is 11.8 Å². The van der Waals surface area contributed by atoms with Gasteiger partial charge in [0, 0.05) is 5.92 Å². The smallest absolute Gasteiger partial charge is 0.176 e. The zero-order chi connectivity index (χ0) is 20.1. The Kier molecular flexibility index (Phi) is 7.97. The third kappa shape index (κ3) is 4.71. The zero-order valence-corrected chi connectivity index (χ0v) is 16.5. The van der Waals surface area contributed by atoms with Crippen LogP contribution < -0.4 is 0 Å². The quantitative estimate of drug-likeness (QED) is 0.430. The SMILES string of the molecule is CCC(C)C(=O)C1=C(O)[C@](O)(CC/C=C(\C)CO)[C@H](CC=C(C)C)C1=O. The second-order valence-corrected chi connectivity index (χ2v) is 7.50. The molecular weight excluding hydrogens is 332 g/mol. The van der Waals surface area contributed by atoms with E-state index in [0.29, 0.717) is 12.8 Å². The summed E-state index contributed by atoms with van der Waals surface area (Å²) in [6, 6.07) is 0. The van der Waals surface area contributed by atoms with Gasteiger partial charge in [0.05, 0.1) is 12.5 Å². The molecule has 1 aliphatic carbocycles. The summed E-state index contributed by atoms with van der Waals surface area (Å²) in [5.74, 6) is -2.64. The minimum Gasteiger partial charge on any atom is -0.508 e. The molecule has 5 nitrogen and oxygen atoms in total. The monoisotopic (exact) mass is 364 g/mol. The van der Waals surface area contributed by atoms with Crippen LogP contribution in [0.5, 0.6) is 0 Å². The van der Waals surface area contributed by atoms with Gasteiger partial charge in [0.15, 0.2) is 11.6 Å². The Morgan fingerprint density at radius 2 is 1.88 bits per heavy atom. The van der Waals surface area contributed by atoms with Crippen molar-refractivity contribution < 1.29 is 24.9 Å². The average molecular weight is 364 g/mol. The molecule has 0 bridgehead atoms. The van der Waals surface area contributed by atoms with Crippen LogP contribution in [-0.2, 0) is 9.59 Å². The van der Waals surface area contributed by atoms with Gasteiger partial charge in [0.25, 0.3) is 0 Å². The number of ketones is 2. The van der Waals surface area contributed by atoms with E-state index >= 15 is 0 Å². The van der Waals surface area contributed by atoms with Gasteiger partial charge < -0.3 is 15.3 Å². The van der Waals surface area contributed by atoms with Crippen LogP contribution in [0.3, 0.4) is 0 Å². The maximum absolute atomic E-state index is 12.9. The Morgan fingerprint density at radius 1 is 1.27 bits per heavy atom. The van der Waals surface area contributed by atoms with Crippen molar-refractivity contribution in [3.05, 3.63) is 34.6 Å². The van der Waals surface area contributed by atoms with Crippen LogP contribution in [0.25, 0.3) is 0 Å². The van der Waals surface area contributed by atoms with Crippen LogP contribution in [-0.4, -0.2) is 39.1 Å². The Morgan fingerprint density at radius 3 is 2.38 bits per heavy atom. The number of hydrogen-bond donors (Lipinski definition) is 3. The van der Waals surface area contributed by atoms with E-state index in [1.165, 1.54) is 0 Å². The second kappa shape index (κ2) is 9.28. The van der Waals surface area contributed by atoms with E-state index < -0.39 is 28.8 Å². The zero-order valence-electron chi connectivity index (χ0n) is 16.5. The molecule has 0 saturated carbocycles. The lowest BCUT2D eigenvalue weighted by atomic mass is 9.82. The van der Waals surface area contributed by atoms with Crippen molar-refractivity contribution in [2.75, 3.05) is 6.61 Å². The molecule has 0 aromatic rings. The largest absolute Gasteiger partial charge is 0.508 e. The van der Waals surface area contributed by atoms with Gasteiger partial charge >= 0.3 is 0 Å². The number of carbonyl (C=O) groups is 2. The van der Waals surface area contributed by atoms with Crippen LogP contribution >= 0.6 is 0 Å². The Balaban J connectivity index is 3.27. The third-order valence-electron chi connectivity index (χ3n) is 5.12. The van der Waals surface area contributed by atoms with Crippen LogP contribution in [0.2, 0.25) is 0 Å². The van der Waals surface area contributed by atoms with Crippen molar-refractivity contribution in [3.8, 4) is 0 Å². The fourth-order valence-corrected chi connectivity index (χ4v) is 3.11. The van der Waals surface area contributed by atoms with Crippen LogP contribution in [0.1, 0.15) is 60.3 Å². The summed E-state index contributed by atoms with van der Waals surface area (Å²) in [7, 11) is 0. The highest BCUT2D eigenvalue weighted by molar-refractivity contribution is 6.24. The number of aliphatic hydroxyl groups excluding tert-OH is 2. The lowest BCUT2D eigenvalue weighted by molar-refractivity contribution is -0.127. The number of carbonyl (C=O) groups excluding carboxylic acids is 2. The molecule has 0 saturated heterocycles. The molecule has 5 heteroatoms. The van der Waals surface area contributed by atoms with Gasteiger partial charge in [-0.15, -0.1) is 0 Å². The standard InChI is InChI=1S/C21H32O5/c1-6-15(5)18(23)17-19(24)16(10-9-13(2)3)21(26,20(17)25)11-7-8-14(4)12-22/h8-9,15-16,22,25-26H,6-7,10-12H2,1-5H3/b14-8+/t15?,16-,21+/m1/s1. The first-order chi connectivity index (χ1) is 12.1. The molecule has 3 atom stereocenters. The van der Waals surface area contributed by atoms with Crippen molar-refractivity contribution in [1.29, 1.82) is 0 Å². The van der Waals surface area contributed by atoms with Crippen LogP contribution in [0.15, 0.2) is 34.6 Å². The summed E-state index contributed by atoms with van der Waals surface area (Å²) in [6.07, 6.45) is 4.92. The molecule has 1 aliphatic rings. The van der Waals surface area contributed by atoms with E-state index in [-0.39, 0.29) is 30.9 Å². The van der Waals surface area contributed by atoms with Gasteiger partial charge in [0.1, 0.15) is 16.9 Å². The molecule has 0 aromatic carbocycles. The lowest BCUT2D eigenvalue weighted by Crippen LogP contribution is -2.38. The minimum absolute atomic E-state index is 0.0852. The van der Waals surface area contributed by atoms with Gasteiger partial charge in [-0.1, -0.05) is 37.1 Å². The van der Waals surface area contributed by atoms with Crippen molar-refractivity contribution >= 4 is 11.6 Å². The normalized spacial score (nSPS) is 24.8. The number of hydrogen-bond acceptors (Lipinski definition) is 5. The summed E-state index contributed by atoms with van der Waals surface area (Å²) in [6.45, 7) is 9.02. The number of Topliss-reactive ketones (excluding diaryl/α,β-unsaturated/α-hetero) is 2. The predicted octanol–water partition coefficient (Wildman–Crippen LogP) is 3.42. The van der Waals surface area contributed by atoms with Crippen molar-refractivity contribution in [3.63, 3.8) is 0 Å². The van der Waals surface area contributed by atoms with Gasteiger partial charge in [-0.25, -0.2) is 0 Å².